The number of guanidine groups is 1. The number of primary amides is 1. The molecule has 1 aromatic rings. The lowest BCUT2D eigenvalue weighted by Gasteiger charge is -2.34. The number of piperidine rings is 1. The molecule has 0 saturated carbocycles. The van der Waals surface area contributed by atoms with Crippen LogP contribution >= 0.6 is 0 Å². The number of nitrogens with zero attached hydrogens (tertiary/aromatic N) is 2. The molecule has 0 spiro atoms. The fraction of sp³-hybridized carbons (Fsp3) is 0.529. The first-order valence-corrected chi connectivity index (χ1v) is 8.31. The van der Waals surface area contributed by atoms with E-state index in [4.69, 9.17) is 10.5 Å². The van der Waals surface area contributed by atoms with Crippen molar-refractivity contribution in [2.45, 2.75) is 19.3 Å². The highest BCUT2D eigenvalue weighted by Gasteiger charge is 2.23. The second-order valence-corrected chi connectivity index (χ2v) is 6.02. The molecule has 1 fully saturated rings. The number of likely N-dealkylation sites (tertiary alicyclic amines) is 1. The molecule has 1 saturated heterocycles. The summed E-state index contributed by atoms with van der Waals surface area (Å²) in [4.78, 5) is 17.4. The minimum Gasteiger partial charge on any atom is -0.492 e. The van der Waals surface area contributed by atoms with E-state index in [2.05, 4.69) is 15.2 Å². The first-order valence-electron chi connectivity index (χ1n) is 8.31. The standard InChI is InChI=1S/C17H24F2N4O2/c1-21-17(23-7-2-3-12(11-23)9-16(20)24)22-6-8-25-13-4-5-14(18)15(19)10-13/h4-5,10,12H,2-3,6-9,11H2,1H3,(H2,20,24)(H,21,22). The maximum atomic E-state index is 13.1. The van der Waals surface area contributed by atoms with Crippen LogP contribution in [0.25, 0.3) is 0 Å². The lowest BCUT2D eigenvalue weighted by atomic mass is 9.95. The second kappa shape index (κ2) is 9.19. The minimum atomic E-state index is -0.935. The SMILES string of the molecule is CN=C(NCCOc1ccc(F)c(F)c1)N1CCCC(CC(N)=O)C1. The number of hydrogen-bond acceptors (Lipinski definition) is 3. The van der Waals surface area contributed by atoms with Crippen molar-refractivity contribution in [1.29, 1.82) is 0 Å². The third-order valence-corrected chi connectivity index (χ3v) is 4.07. The molecule has 1 atom stereocenters. The van der Waals surface area contributed by atoms with Crippen LogP contribution in [0.4, 0.5) is 8.78 Å². The molecule has 1 unspecified atom stereocenters. The number of halogens is 2. The van der Waals surface area contributed by atoms with Gasteiger partial charge in [-0.05, 0) is 30.9 Å². The zero-order valence-corrected chi connectivity index (χ0v) is 14.3. The van der Waals surface area contributed by atoms with Crippen LogP contribution in [0.3, 0.4) is 0 Å². The van der Waals surface area contributed by atoms with E-state index in [1.165, 1.54) is 6.07 Å². The largest absolute Gasteiger partial charge is 0.492 e. The van der Waals surface area contributed by atoms with Gasteiger partial charge in [-0.2, -0.15) is 0 Å². The van der Waals surface area contributed by atoms with E-state index in [1.807, 2.05) is 0 Å². The molecular formula is C17H24F2N4O2. The lowest BCUT2D eigenvalue weighted by Crippen LogP contribution is -2.48. The fourth-order valence-electron chi connectivity index (χ4n) is 2.94. The van der Waals surface area contributed by atoms with Gasteiger partial charge < -0.3 is 20.7 Å². The summed E-state index contributed by atoms with van der Waals surface area (Å²) in [6.45, 7) is 2.33. The molecule has 1 heterocycles. The molecule has 2 rings (SSSR count). The zero-order chi connectivity index (χ0) is 18.2. The molecule has 138 valence electrons. The third-order valence-electron chi connectivity index (χ3n) is 4.07. The van der Waals surface area contributed by atoms with Crippen LogP contribution in [0.15, 0.2) is 23.2 Å². The lowest BCUT2D eigenvalue weighted by molar-refractivity contribution is -0.119. The van der Waals surface area contributed by atoms with Crippen molar-refractivity contribution in [2.75, 3.05) is 33.3 Å². The average Bonchev–Trinajstić information content (AvgIpc) is 2.57. The van der Waals surface area contributed by atoms with Gasteiger partial charge in [0.2, 0.25) is 5.91 Å². The van der Waals surface area contributed by atoms with Gasteiger partial charge in [0.15, 0.2) is 17.6 Å². The highest BCUT2D eigenvalue weighted by Crippen LogP contribution is 2.19. The van der Waals surface area contributed by atoms with Gasteiger partial charge in [0, 0.05) is 32.6 Å². The summed E-state index contributed by atoms with van der Waals surface area (Å²) in [5.74, 6) is -0.882. The molecule has 0 bridgehead atoms. The molecule has 0 aromatic heterocycles. The number of amides is 1. The first kappa shape index (κ1) is 19.0. The van der Waals surface area contributed by atoms with E-state index in [-0.39, 0.29) is 24.2 Å². The van der Waals surface area contributed by atoms with Crippen molar-refractivity contribution < 1.29 is 18.3 Å². The topological polar surface area (TPSA) is 80.0 Å². The van der Waals surface area contributed by atoms with Crippen molar-refractivity contribution in [3.05, 3.63) is 29.8 Å². The normalized spacial score (nSPS) is 18.1. The Morgan fingerprint density at radius 3 is 2.92 bits per heavy atom. The summed E-state index contributed by atoms with van der Waals surface area (Å²) in [7, 11) is 1.69. The van der Waals surface area contributed by atoms with Gasteiger partial charge in [-0.1, -0.05) is 0 Å². The van der Waals surface area contributed by atoms with Gasteiger partial charge >= 0.3 is 0 Å². The summed E-state index contributed by atoms with van der Waals surface area (Å²) in [6.07, 6.45) is 2.34. The van der Waals surface area contributed by atoms with Crippen LogP contribution in [0.1, 0.15) is 19.3 Å². The molecule has 6 nitrogen and oxygen atoms in total. The van der Waals surface area contributed by atoms with E-state index in [9.17, 15) is 13.6 Å². The Morgan fingerprint density at radius 2 is 2.24 bits per heavy atom. The van der Waals surface area contributed by atoms with Gasteiger partial charge in [-0.25, -0.2) is 8.78 Å². The molecule has 3 N–H and O–H groups in total. The first-order chi connectivity index (χ1) is 12.0. The summed E-state index contributed by atoms with van der Waals surface area (Å²) < 4.78 is 31.4. The van der Waals surface area contributed by atoms with Crippen LogP contribution < -0.4 is 15.8 Å². The Labute approximate surface area is 146 Å². The second-order valence-electron chi connectivity index (χ2n) is 6.02. The number of aliphatic imine (C=N–C) groups is 1. The molecule has 1 aliphatic rings. The Balaban J connectivity index is 1.77. The molecule has 25 heavy (non-hydrogen) atoms. The van der Waals surface area contributed by atoms with Crippen molar-refractivity contribution >= 4 is 11.9 Å². The number of ether oxygens (including phenoxy) is 1. The fourth-order valence-corrected chi connectivity index (χ4v) is 2.94. The Kier molecular flexibility index (Phi) is 6.97. The molecule has 1 aromatic carbocycles. The zero-order valence-electron chi connectivity index (χ0n) is 14.3. The number of hydrogen-bond donors (Lipinski definition) is 2. The molecule has 1 aliphatic heterocycles. The van der Waals surface area contributed by atoms with E-state index < -0.39 is 11.6 Å². The quantitative estimate of drug-likeness (QED) is 0.461. The van der Waals surface area contributed by atoms with Crippen LogP contribution in [-0.2, 0) is 4.79 Å². The summed E-state index contributed by atoms with van der Waals surface area (Å²) >= 11 is 0. The number of benzene rings is 1. The Hall–Kier alpha value is -2.38. The monoisotopic (exact) mass is 354 g/mol. The van der Waals surface area contributed by atoms with Crippen LogP contribution in [0.2, 0.25) is 0 Å². The Bertz CT molecular complexity index is 625. The molecular weight excluding hydrogens is 330 g/mol. The number of rotatable bonds is 6. The number of nitrogens with two attached hydrogens (primary N) is 1. The Morgan fingerprint density at radius 1 is 1.44 bits per heavy atom. The van der Waals surface area contributed by atoms with Crippen LogP contribution in [0, 0.1) is 17.6 Å². The maximum absolute atomic E-state index is 13.1. The van der Waals surface area contributed by atoms with Crippen molar-refractivity contribution in [3.63, 3.8) is 0 Å². The molecule has 0 radical (unpaired) electrons. The van der Waals surface area contributed by atoms with Gasteiger partial charge in [0.1, 0.15) is 12.4 Å². The van der Waals surface area contributed by atoms with Gasteiger partial charge in [0.25, 0.3) is 0 Å². The van der Waals surface area contributed by atoms with Crippen molar-refractivity contribution in [1.82, 2.24) is 10.2 Å². The molecule has 8 heteroatoms. The highest BCUT2D eigenvalue weighted by atomic mass is 19.2. The van der Waals surface area contributed by atoms with E-state index in [1.54, 1.807) is 7.05 Å². The van der Waals surface area contributed by atoms with E-state index >= 15 is 0 Å². The van der Waals surface area contributed by atoms with Crippen molar-refractivity contribution in [2.24, 2.45) is 16.6 Å². The van der Waals surface area contributed by atoms with Gasteiger partial charge in [0.05, 0.1) is 6.54 Å². The summed E-state index contributed by atoms with van der Waals surface area (Å²) in [5.41, 5.74) is 5.28. The number of carbonyl (C=O) groups excluding carboxylic acids is 1. The van der Waals surface area contributed by atoms with Crippen LogP contribution in [0.5, 0.6) is 5.75 Å². The predicted molar refractivity (Wildman–Crippen MR) is 91.3 cm³/mol. The minimum absolute atomic E-state index is 0.239. The van der Waals surface area contributed by atoms with E-state index in [0.29, 0.717) is 13.0 Å². The van der Waals surface area contributed by atoms with E-state index in [0.717, 1.165) is 44.0 Å². The van der Waals surface area contributed by atoms with Gasteiger partial charge in [-0.15, -0.1) is 0 Å². The summed E-state index contributed by atoms with van der Waals surface area (Å²) in [5, 5.41) is 3.18. The molecule has 0 aliphatic carbocycles. The number of nitrogens with one attached hydrogen (secondary N) is 1. The predicted octanol–water partition coefficient (Wildman–Crippen LogP) is 1.51. The number of carbonyl (C=O) groups is 1. The smallest absolute Gasteiger partial charge is 0.217 e. The van der Waals surface area contributed by atoms with Crippen LogP contribution in [-0.4, -0.2) is 50.1 Å². The average molecular weight is 354 g/mol. The summed E-state index contributed by atoms with van der Waals surface area (Å²) in [6, 6.07) is 3.43. The molecule has 1 amide bonds. The van der Waals surface area contributed by atoms with Gasteiger partial charge in [-0.3, -0.25) is 9.79 Å². The maximum Gasteiger partial charge on any atom is 0.217 e. The van der Waals surface area contributed by atoms with Crippen molar-refractivity contribution in [3.8, 4) is 5.75 Å². The third kappa shape index (κ3) is 5.88. The highest BCUT2D eigenvalue weighted by molar-refractivity contribution is 5.80.